The van der Waals surface area contributed by atoms with Gasteiger partial charge in [0.15, 0.2) is 0 Å². The van der Waals surface area contributed by atoms with Crippen molar-refractivity contribution >= 4 is 29.1 Å². The van der Waals surface area contributed by atoms with Gasteiger partial charge < -0.3 is 10.6 Å². The van der Waals surface area contributed by atoms with Crippen molar-refractivity contribution in [1.29, 1.82) is 0 Å². The molecule has 2 rings (SSSR count). The Morgan fingerprint density at radius 1 is 1.05 bits per heavy atom. The van der Waals surface area contributed by atoms with Crippen molar-refractivity contribution in [1.82, 2.24) is 5.32 Å². The lowest BCUT2D eigenvalue weighted by Gasteiger charge is -2.10. The van der Waals surface area contributed by atoms with Crippen molar-refractivity contribution < 1.29 is 14.0 Å². The van der Waals surface area contributed by atoms with Gasteiger partial charge in [0, 0.05) is 12.1 Å². The van der Waals surface area contributed by atoms with Gasteiger partial charge in [-0.1, -0.05) is 23.7 Å². The molecule has 108 valence electrons. The van der Waals surface area contributed by atoms with E-state index in [0.717, 1.165) is 6.07 Å². The van der Waals surface area contributed by atoms with E-state index in [0.29, 0.717) is 5.69 Å². The number of halogens is 2. The number of carbonyl (C=O) groups excluding carboxylic acids is 2. The Bertz CT molecular complexity index is 704. The van der Waals surface area contributed by atoms with Crippen LogP contribution in [-0.4, -0.2) is 18.9 Å². The smallest absolute Gasteiger partial charge is 0.258 e. The van der Waals surface area contributed by atoms with Crippen LogP contribution in [0.1, 0.15) is 20.7 Å². The van der Waals surface area contributed by atoms with Gasteiger partial charge in [0.1, 0.15) is 5.82 Å². The molecule has 2 amide bonds. The predicted octanol–water partition coefficient (Wildman–Crippen LogP) is 3.09. The maximum Gasteiger partial charge on any atom is 0.258 e. The van der Waals surface area contributed by atoms with Crippen LogP contribution in [-0.2, 0) is 0 Å². The molecule has 0 aliphatic carbocycles. The van der Waals surface area contributed by atoms with E-state index >= 15 is 0 Å². The third kappa shape index (κ3) is 3.38. The molecule has 6 heteroatoms. The summed E-state index contributed by atoms with van der Waals surface area (Å²) < 4.78 is 13.6. The molecule has 0 fully saturated rings. The van der Waals surface area contributed by atoms with Crippen molar-refractivity contribution in [3.8, 4) is 0 Å². The summed E-state index contributed by atoms with van der Waals surface area (Å²) in [5.41, 5.74) is 0.395. The van der Waals surface area contributed by atoms with Crippen LogP contribution < -0.4 is 10.6 Å². The van der Waals surface area contributed by atoms with Crippen LogP contribution in [0.5, 0.6) is 0 Å². The summed E-state index contributed by atoms with van der Waals surface area (Å²) in [7, 11) is 1.48. The number of carbonyl (C=O) groups is 2. The molecule has 0 unspecified atom stereocenters. The Morgan fingerprint density at radius 3 is 2.48 bits per heavy atom. The zero-order valence-corrected chi connectivity index (χ0v) is 11.9. The molecule has 0 aliphatic heterocycles. The Hall–Kier alpha value is -2.40. The van der Waals surface area contributed by atoms with Crippen LogP contribution in [0.15, 0.2) is 42.5 Å². The normalized spacial score (nSPS) is 10.0. The number of hydrogen-bond donors (Lipinski definition) is 2. The van der Waals surface area contributed by atoms with Crippen LogP contribution in [0, 0.1) is 5.82 Å². The second-order valence-electron chi connectivity index (χ2n) is 4.20. The third-order valence-electron chi connectivity index (χ3n) is 2.82. The van der Waals surface area contributed by atoms with Gasteiger partial charge in [0.25, 0.3) is 11.8 Å². The number of rotatable bonds is 3. The molecule has 0 aliphatic rings. The molecule has 4 nitrogen and oxygen atoms in total. The lowest BCUT2D eigenvalue weighted by Crippen LogP contribution is -2.21. The summed E-state index contributed by atoms with van der Waals surface area (Å²) in [5.74, 6) is -1.71. The van der Waals surface area contributed by atoms with Gasteiger partial charge in [-0.15, -0.1) is 0 Å². The molecule has 2 aromatic rings. The van der Waals surface area contributed by atoms with E-state index < -0.39 is 11.7 Å². The SMILES string of the molecule is CNC(=O)c1ccccc1NC(=O)c1cc(Cl)ccc1F. The molecule has 2 N–H and O–H groups in total. The van der Waals surface area contributed by atoms with Crippen LogP contribution in [0.3, 0.4) is 0 Å². The van der Waals surface area contributed by atoms with Gasteiger partial charge in [-0.25, -0.2) is 4.39 Å². The highest BCUT2D eigenvalue weighted by Gasteiger charge is 2.16. The van der Waals surface area contributed by atoms with E-state index in [9.17, 15) is 14.0 Å². The first-order chi connectivity index (χ1) is 10.0. The number of amides is 2. The molecule has 0 aromatic heterocycles. The summed E-state index contributed by atoms with van der Waals surface area (Å²) in [6.07, 6.45) is 0. The fraction of sp³-hybridized carbons (Fsp3) is 0.0667. The van der Waals surface area contributed by atoms with Gasteiger partial charge in [-0.05, 0) is 30.3 Å². The molecular formula is C15H12ClFN2O2. The maximum atomic E-state index is 13.6. The molecule has 2 aromatic carbocycles. The van der Waals surface area contributed by atoms with E-state index in [1.807, 2.05) is 0 Å². The largest absolute Gasteiger partial charge is 0.355 e. The summed E-state index contributed by atoms with van der Waals surface area (Å²) in [4.78, 5) is 23.8. The number of hydrogen-bond acceptors (Lipinski definition) is 2. The summed E-state index contributed by atoms with van der Waals surface area (Å²) in [5, 5.41) is 5.23. The van der Waals surface area contributed by atoms with E-state index in [4.69, 9.17) is 11.6 Å². The second-order valence-corrected chi connectivity index (χ2v) is 4.64. The van der Waals surface area contributed by atoms with E-state index in [2.05, 4.69) is 10.6 Å². The Labute approximate surface area is 125 Å². The molecule has 0 saturated heterocycles. The molecular weight excluding hydrogens is 295 g/mol. The van der Waals surface area contributed by atoms with Gasteiger partial charge in [0.05, 0.1) is 16.8 Å². The van der Waals surface area contributed by atoms with Crippen molar-refractivity contribution in [2.45, 2.75) is 0 Å². The quantitative estimate of drug-likeness (QED) is 0.915. The summed E-state index contributed by atoms with van der Waals surface area (Å²) >= 11 is 5.76. The summed E-state index contributed by atoms with van der Waals surface area (Å²) in [6, 6.07) is 10.1. The maximum absolute atomic E-state index is 13.6. The Balaban J connectivity index is 2.32. The molecule has 0 radical (unpaired) electrons. The first-order valence-corrected chi connectivity index (χ1v) is 6.48. The molecule has 0 saturated carbocycles. The molecule has 21 heavy (non-hydrogen) atoms. The van der Waals surface area contributed by atoms with Gasteiger partial charge in [-0.2, -0.15) is 0 Å². The minimum Gasteiger partial charge on any atom is -0.355 e. The number of nitrogens with one attached hydrogen (secondary N) is 2. The van der Waals surface area contributed by atoms with Crippen molar-refractivity contribution in [2.24, 2.45) is 0 Å². The Morgan fingerprint density at radius 2 is 1.76 bits per heavy atom. The molecule has 0 heterocycles. The van der Waals surface area contributed by atoms with Crippen molar-refractivity contribution in [2.75, 3.05) is 12.4 Å². The van der Waals surface area contributed by atoms with E-state index in [1.54, 1.807) is 24.3 Å². The minimum atomic E-state index is -0.686. The van der Waals surface area contributed by atoms with Crippen LogP contribution in [0.25, 0.3) is 0 Å². The van der Waals surface area contributed by atoms with E-state index in [1.165, 1.54) is 19.2 Å². The highest BCUT2D eigenvalue weighted by molar-refractivity contribution is 6.31. The molecule has 0 atom stereocenters. The minimum absolute atomic E-state index is 0.186. The van der Waals surface area contributed by atoms with Gasteiger partial charge in [0.2, 0.25) is 0 Å². The molecule has 0 bridgehead atoms. The van der Waals surface area contributed by atoms with Crippen molar-refractivity contribution in [3.05, 3.63) is 64.4 Å². The zero-order chi connectivity index (χ0) is 15.4. The highest BCUT2D eigenvalue weighted by Crippen LogP contribution is 2.19. The number of benzene rings is 2. The topological polar surface area (TPSA) is 58.2 Å². The number of anilines is 1. The van der Waals surface area contributed by atoms with Crippen LogP contribution in [0.2, 0.25) is 5.02 Å². The van der Waals surface area contributed by atoms with Crippen molar-refractivity contribution in [3.63, 3.8) is 0 Å². The van der Waals surface area contributed by atoms with Gasteiger partial charge in [-0.3, -0.25) is 9.59 Å². The average Bonchev–Trinajstić information content (AvgIpc) is 2.49. The monoisotopic (exact) mass is 306 g/mol. The summed E-state index contributed by atoms with van der Waals surface area (Å²) in [6.45, 7) is 0. The third-order valence-corrected chi connectivity index (χ3v) is 3.06. The van der Waals surface area contributed by atoms with Crippen LogP contribution in [0.4, 0.5) is 10.1 Å². The average molecular weight is 307 g/mol. The standard InChI is InChI=1S/C15H12ClFN2O2/c1-18-14(20)10-4-2-3-5-13(10)19-15(21)11-8-9(16)6-7-12(11)17/h2-8H,1H3,(H,18,20)(H,19,21). The van der Waals surface area contributed by atoms with Crippen LogP contribution >= 0.6 is 11.6 Å². The lowest BCUT2D eigenvalue weighted by molar-refractivity contribution is 0.0964. The Kier molecular flexibility index (Phi) is 4.55. The predicted molar refractivity (Wildman–Crippen MR) is 79.2 cm³/mol. The lowest BCUT2D eigenvalue weighted by atomic mass is 10.1. The zero-order valence-electron chi connectivity index (χ0n) is 11.1. The first-order valence-electron chi connectivity index (χ1n) is 6.10. The van der Waals surface area contributed by atoms with E-state index in [-0.39, 0.29) is 22.1 Å². The molecule has 0 spiro atoms. The fourth-order valence-electron chi connectivity index (χ4n) is 1.79. The highest BCUT2D eigenvalue weighted by atomic mass is 35.5. The second kappa shape index (κ2) is 6.37. The first kappa shape index (κ1) is 15.0. The number of para-hydroxylation sites is 1. The fourth-order valence-corrected chi connectivity index (χ4v) is 1.96. The van der Waals surface area contributed by atoms with Gasteiger partial charge >= 0.3 is 0 Å².